The number of benzene rings is 2. The van der Waals surface area contributed by atoms with Crippen LogP contribution in [-0.2, 0) is 4.79 Å². The van der Waals surface area contributed by atoms with Gasteiger partial charge in [0.25, 0.3) is 0 Å². The van der Waals surface area contributed by atoms with Gasteiger partial charge in [-0.15, -0.1) is 0 Å². The molecule has 3 rings (SSSR count). The Labute approximate surface area is 149 Å². The van der Waals surface area contributed by atoms with Crippen molar-refractivity contribution >= 4 is 5.91 Å². The van der Waals surface area contributed by atoms with Gasteiger partial charge in [-0.25, -0.2) is 0 Å². The number of β-amino-alcohol motifs (C(OH)–C–C–N with tert-alkyl or cyclic N) is 1. The second kappa shape index (κ2) is 8.28. The van der Waals surface area contributed by atoms with E-state index in [2.05, 4.69) is 29.2 Å². The fourth-order valence-corrected chi connectivity index (χ4v) is 3.53. The first-order chi connectivity index (χ1) is 12.1. The molecule has 1 amide bonds. The topological polar surface area (TPSA) is 43.8 Å². The summed E-state index contributed by atoms with van der Waals surface area (Å²) in [6, 6.07) is 20.1. The van der Waals surface area contributed by atoms with E-state index < -0.39 is 0 Å². The second-order valence-corrected chi connectivity index (χ2v) is 6.76. The van der Waals surface area contributed by atoms with Crippen LogP contribution in [-0.4, -0.2) is 53.6 Å². The van der Waals surface area contributed by atoms with E-state index in [1.165, 1.54) is 0 Å². The van der Waals surface area contributed by atoms with E-state index in [0.29, 0.717) is 13.1 Å². The first kappa shape index (κ1) is 17.6. The molecule has 1 aliphatic heterocycles. The van der Waals surface area contributed by atoms with Gasteiger partial charge in [0, 0.05) is 13.6 Å². The highest BCUT2D eigenvalue weighted by molar-refractivity contribution is 5.79. The summed E-state index contributed by atoms with van der Waals surface area (Å²) in [5.74, 6) is 0.0757. The summed E-state index contributed by atoms with van der Waals surface area (Å²) in [5.41, 5.74) is 2.20. The van der Waals surface area contributed by atoms with Gasteiger partial charge in [0.2, 0.25) is 5.91 Å². The van der Waals surface area contributed by atoms with Crippen molar-refractivity contribution in [3.8, 4) is 0 Å². The highest BCUT2D eigenvalue weighted by Crippen LogP contribution is 2.27. The molecular formula is C21H26N2O2. The van der Waals surface area contributed by atoms with Gasteiger partial charge >= 0.3 is 0 Å². The zero-order chi connectivity index (χ0) is 17.6. The molecule has 0 bridgehead atoms. The quantitative estimate of drug-likeness (QED) is 0.912. The second-order valence-electron chi connectivity index (χ2n) is 6.76. The number of carbonyl (C=O) groups is 1. The minimum Gasteiger partial charge on any atom is -0.392 e. The standard InChI is InChI=1S/C21H26N2O2/c1-22(20(25)16-23-14-8-13-19(24)15-23)21(17-9-4-2-5-10-17)18-11-6-3-7-12-18/h2-7,9-12,19,21,24H,8,13-16H2,1H3/t19-/m0/s1. The van der Waals surface area contributed by atoms with Crippen LogP contribution in [0, 0.1) is 0 Å². The summed E-state index contributed by atoms with van der Waals surface area (Å²) >= 11 is 0. The first-order valence-corrected chi connectivity index (χ1v) is 8.91. The zero-order valence-corrected chi connectivity index (χ0v) is 14.7. The van der Waals surface area contributed by atoms with Gasteiger partial charge in [0.15, 0.2) is 0 Å². The third-order valence-corrected chi connectivity index (χ3v) is 4.85. The number of hydrogen-bond acceptors (Lipinski definition) is 3. The molecule has 0 aromatic heterocycles. The Bertz CT molecular complexity index is 635. The number of nitrogens with zero attached hydrogens (tertiary/aromatic N) is 2. The Balaban J connectivity index is 1.79. The molecule has 2 aromatic rings. The molecule has 0 aliphatic carbocycles. The predicted molar refractivity (Wildman–Crippen MR) is 99.2 cm³/mol. The van der Waals surface area contributed by atoms with E-state index >= 15 is 0 Å². The van der Waals surface area contributed by atoms with Gasteiger partial charge in [0.05, 0.1) is 18.7 Å². The third kappa shape index (κ3) is 4.47. The van der Waals surface area contributed by atoms with Crippen molar-refractivity contribution in [1.82, 2.24) is 9.80 Å². The lowest BCUT2D eigenvalue weighted by molar-refractivity contribution is -0.133. The third-order valence-electron chi connectivity index (χ3n) is 4.85. The number of aliphatic hydroxyl groups is 1. The number of hydrogen-bond donors (Lipinski definition) is 1. The number of amides is 1. The number of carbonyl (C=O) groups excluding carboxylic acids is 1. The minimum absolute atomic E-state index is 0.0757. The molecule has 1 N–H and O–H groups in total. The fraction of sp³-hybridized carbons (Fsp3) is 0.381. The van der Waals surface area contributed by atoms with Gasteiger partial charge in [-0.2, -0.15) is 0 Å². The van der Waals surface area contributed by atoms with Crippen molar-refractivity contribution in [2.45, 2.75) is 25.0 Å². The van der Waals surface area contributed by atoms with Crippen LogP contribution in [0.2, 0.25) is 0 Å². The van der Waals surface area contributed by atoms with Crippen molar-refractivity contribution in [3.05, 3.63) is 71.8 Å². The van der Waals surface area contributed by atoms with Crippen molar-refractivity contribution in [2.24, 2.45) is 0 Å². The smallest absolute Gasteiger partial charge is 0.237 e. The van der Waals surface area contributed by atoms with Crippen LogP contribution in [0.3, 0.4) is 0 Å². The van der Waals surface area contributed by atoms with Gasteiger partial charge in [-0.1, -0.05) is 60.7 Å². The molecule has 1 fully saturated rings. The van der Waals surface area contributed by atoms with Crippen LogP contribution >= 0.6 is 0 Å². The molecule has 2 aromatic carbocycles. The van der Waals surface area contributed by atoms with Crippen molar-refractivity contribution in [2.75, 3.05) is 26.7 Å². The average molecular weight is 338 g/mol. The summed E-state index contributed by atoms with van der Waals surface area (Å²) < 4.78 is 0. The van der Waals surface area contributed by atoms with Crippen molar-refractivity contribution in [3.63, 3.8) is 0 Å². The molecule has 4 nitrogen and oxygen atoms in total. The SMILES string of the molecule is CN(C(=O)CN1CCC[C@H](O)C1)C(c1ccccc1)c1ccccc1. The Morgan fingerprint density at radius 1 is 1.12 bits per heavy atom. The molecule has 0 spiro atoms. The monoisotopic (exact) mass is 338 g/mol. The maximum absolute atomic E-state index is 12.9. The van der Waals surface area contributed by atoms with Crippen molar-refractivity contribution in [1.29, 1.82) is 0 Å². The van der Waals surface area contributed by atoms with Crippen LogP contribution < -0.4 is 0 Å². The molecule has 25 heavy (non-hydrogen) atoms. The van der Waals surface area contributed by atoms with E-state index in [1.54, 1.807) is 0 Å². The van der Waals surface area contributed by atoms with E-state index in [-0.39, 0.29) is 18.1 Å². The molecule has 132 valence electrons. The van der Waals surface area contributed by atoms with Gasteiger partial charge < -0.3 is 10.0 Å². The van der Waals surface area contributed by atoms with E-state index in [0.717, 1.165) is 30.5 Å². The van der Waals surface area contributed by atoms with Crippen molar-refractivity contribution < 1.29 is 9.90 Å². The Morgan fingerprint density at radius 3 is 2.20 bits per heavy atom. The number of piperidine rings is 1. The summed E-state index contributed by atoms with van der Waals surface area (Å²) in [6.07, 6.45) is 1.46. The molecule has 4 heteroatoms. The highest BCUT2D eigenvalue weighted by atomic mass is 16.3. The van der Waals surface area contributed by atoms with Crippen LogP contribution in [0.1, 0.15) is 30.0 Å². The van der Waals surface area contributed by atoms with E-state index in [9.17, 15) is 9.90 Å². The number of likely N-dealkylation sites (N-methyl/N-ethyl adjacent to an activating group) is 1. The first-order valence-electron chi connectivity index (χ1n) is 8.91. The fourth-order valence-electron chi connectivity index (χ4n) is 3.53. The molecule has 0 unspecified atom stereocenters. The number of likely N-dealkylation sites (tertiary alicyclic amines) is 1. The lowest BCUT2D eigenvalue weighted by atomic mass is 9.97. The summed E-state index contributed by atoms with van der Waals surface area (Å²) in [7, 11) is 1.87. The molecule has 1 atom stereocenters. The van der Waals surface area contributed by atoms with Crippen LogP contribution in [0.5, 0.6) is 0 Å². The minimum atomic E-state index is -0.314. The van der Waals surface area contributed by atoms with Crippen LogP contribution in [0.15, 0.2) is 60.7 Å². The van der Waals surface area contributed by atoms with Crippen LogP contribution in [0.4, 0.5) is 0 Å². The van der Waals surface area contributed by atoms with Gasteiger partial charge in [0.1, 0.15) is 0 Å². The normalized spacial score (nSPS) is 18.3. The molecule has 1 aliphatic rings. The Kier molecular flexibility index (Phi) is 5.84. The van der Waals surface area contributed by atoms with Gasteiger partial charge in [-0.3, -0.25) is 9.69 Å². The summed E-state index contributed by atoms with van der Waals surface area (Å²) in [5, 5.41) is 9.83. The van der Waals surface area contributed by atoms with Gasteiger partial charge in [-0.05, 0) is 30.5 Å². The zero-order valence-electron chi connectivity index (χ0n) is 14.7. The summed E-state index contributed by atoms with van der Waals surface area (Å²) in [6.45, 7) is 1.81. The molecular weight excluding hydrogens is 312 g/mol. The largest absolute Gasteiger partial charge is 0.392 e. The maximum atomic E-state index is 12.9. The lowest BCUT2D eigenvalue weighted by Crippen LogP contribution is -2.45. The van der Waals surface area contributed by atoms with E-state index in [1.807, 2.05) is 48.3 Å². The average Bonchev–Trinajstić information content (AvgIpc) is 2.63. The molecule has 0 saturated carbocycles. The molecule has 0 radical (unpaired) electrons. The predicted octanol–water partition coefficient (Wildman–Crippen LogP) is 2.69. The highest BCUT2D eigenvalue weighted by Gasteiger charge is 2.26. The number of rotatable bonds is 5. The molecule has 1 saturated heterocycles. The Morgan fingerprint density at radius 2 is 1.68 bits per heavy atom. The maximum Gasteiger partial charge on any atom is 0.237 e. The van der Waals surface area contributed by atoms with Crippen LogP contribution in [0.25, 0.3) is 0 Å². The summed E-state index contributed by atoms with van der Waals surface area (Å²) in [4.78, 5) is 16.8. The Hall–Kier alpha value is -2.17. The van der Waals surface area contributed by atoms with E-state index in [4.69, 9.17) is 0 Å². The lowest BCUT2D eigenvalue weighted by Gasteiger charge is -2.34. The number of aliphatic hydroxyl groups excluding tert-OH is 1. The molecule has 1 heterocycles.